The number of hydrogen-bond acceptors (Lipinski definition) is 1. The molecule has 5 heteroatoms. The zero-order valence-corrected chi connectivity index (χ0v) is 12.6. The maximum Gasteiger partial charge on any atom is 0.323 e. The van der Waals surface area contributed by atoms with E-state index in [-0.39, 0.29) is 6.03 Å². The molecule has 0 saturated carbocycles. The van der Waals surface area contributed by atoms with Gasteiger partial charge in [-0.2, -0.15) is 0 Å². The average molecular weight is 309 g/mol. The second kappa shape index (κ2) is 6.16. The van der Waals surface area contributed by atoms with Crippen molar-refractivity contribution in [2.45, 2.75) is 13.8 Å². The standard InChI is InChI=1S/C15H14Cl2N2O/c1-9-6-10(2)8-11(7-9)18-15(20)19-13-5-3-4-12(16)14(13)17/h3-8H,1-2H3,(H2,18,19,20). The number of aryl methyl sites for hydroxylation is 2. The van der Waals surface area contributed by atoms with Gasteiger partial charge in [0.25, 0.3) is 0 Å². The van der Waals surface area contributed by atoms with Crippen LogP contribution in [0.4, 0.5) is 16.2 Å². The van der Waals surface area contributed by atoms with Crippen LogP contribution in [0.5, 0.6) is 0 Å². The van der Waals surface area contributed by atoms with E-state index >= 15 is 0 Å². The van der Waals surface area contributed by atoms with E-state index in [1.165, 1.54) is 0 Å². The molecule has 0 bridgehead atoms. The Bertz CT molecular complexity index is 636. The fraction of sp³-hybridized carbons (Fsp3) is 0.133. The Morgan fingerprint density at radius 2 is 1.65 bits per heavy atom. The number of carbonyl (C=O) groups excluding carboxylic acids is 1. The second-order valence-electron chi connectivity index (χ2n) is 4.56. The molecule has 104 valence electrons. The highest BCUT2D eigenvalue weighted by Gasteiger charge is 2.08. The number of nitrogens with one attached hydrogen (secondary N) is 2. The lowest BCUT2D eigenvalue weighted by atomic mass is 10.1. The molecule has 2 amide bonds. The van der Waals surface area contributed by atoms with Crippen LogP contribution in [0.2, 0.25) is 10.0 Å². The Balaban J connectivity index is 2.11. The van der Waals surface area contributed by atoms with Gasteiger partial charge in [-0.05, 0) is 49.2 Å². The van der Waals surface area contributed by atoms with Gasteiger partial charge < -0.3 is 10.6 Å². The number of anilines is 2. The number of urea groups is 1. The quantitative estimate of drug-likeness (QED) is 0.781. The first-order valence-corrected chi connectivity index (χ1v) is 6.81. The number of halogens is 2. The van der Waals surface area contributed by atoms with Crippen LogP contribution >= 0.6 is 23.2 Å². The van der Waals surface area contributed by atoms with Gasteiger partial charge in [-0.1, -0.05) is 35.3 Å². The van der Waals surface area contributed by atoms with E-state index in [2.05, 4.69) is 10.6 Å². The van der Waals surface area contributed by atoms with E-state index in [1.807, 2.05) is 32.0 Å². The van der Waals surface area contributed by atoms with Crippen LogP contribution in [0.3, 0.4) is 0 Å². The van der Waals surface area contributed by atoms with E-state index in [9.17, 15) is 4.79 Å². The molecule has 0 aromatic heterocycles. The zero-order chi connectivity index (χ0) is 14.7. The highest BCUT2D eigenvalue weighted by Crippen LogP contribution is 2.29. The van der Waals surface area contributed by atoms with Gasteiger partial charge in [-0.3, -0.25) is 0 Å². The van der Waals surface area contributed by atoms with Crippen molar-refractivity contribution in [2.75, 3.05) is 10.6 Å². The van der Waals surface area contributed by atoms with Crippen molar-refractivity contribution in [3.8, 4) is 0 Å². The zero-order valence-electron chi connectivity index (χ0n) is 11.1. The van der Waals surface area contributed by atoms with Gasteiger partial charge in [0.15, 0.2) is 0 Å². The molecule has 0 radical (unpaired) electrons. The average Bonchev–Trinajstić information content (AvgIpc) is 2.33. The summed E-state index contributed by atoms with van der Waals surface area (Å²) in [4.78, 5) is 11.9. The van der Waals surface area contributed by atoms with Crippen molar-refractivity contribution in [1.29, 1.82) is 0 Å². The lowest BCUT2D eigenvalue weighted by Crippen LogP contribution is -2.19. The summed E-state index contributed by atoms with van der Waals surface area (Å²) in [6.45, 7) is 3.95. The fourth-order valence-electron chi connectivity index (χ4n) is 1.93. The number of rotatable bonds is 2. The molecule has 2 rings (SSSR count). The Morgan fingerprint density at radius 1 is 1.00 bits per heavy atom. The molecule has 2 N–H and O–H groups in total. The van der Waals surface area contributed by atoms with Crippen molar-refractivity contribution in [1.82, 2.24) is 0 Å². The monoisotopic (exact) mass is 308 g/mol. The van der Waals surface area contributed by atoms with Gasteiger partial charge in [0.05, 0.1) is 15.7 Å². The van der Waals surface area contributed by atoms with Crippen LogP contribution in [0.1, 0.15) is 11.1 Å². The molecule has 0 aliphatic carbocycles. The summed E-state index contributed by atoms with van der Waals surface area (Å²) in [7, 11) is 0. The first-order chi connectivity index (χ1) is 9.45. The smallest absolute Gasteiger partial charge is 0.308 e. The maximum atomic E-state index is 11.9. The lowest BCUT2D eigenvalue weighted by molar-refractivity contribution is 0.262. The minimum Gasteiger partial charge on any atom is -0.308 e. The molecular weight excluding hydrogens is 295 g/mol. The molecule has 0 aliphatic rings. The van der Waals surface area contributed by atoms with Crippen molar-refractivity contribution in [2.24, 2.45) is 0 Å². The molecule has 2 aromatic rings. The molecule has 20 heavy (non-hydrogen) atoms. The van der Waals surface area contributed by atoms with E-state index in [0.717, 1.165) is 16.8 Å². The van der Waals surface area contributed by atoms with Gasteiger partial charge in [-0.15, -0.1) is 0 Å². The molecule has 0 fully saturated rings. The summed E-state index contributed by atoms with van der Waals surface area (Å²) in [6, 6.07) is 10.5. The Kier molecular flexibility index (Phi) is 4.53. The molecule has 0 saturated heterocycles. The minimum atomic E-state index is -0.362. The third-order valence-corrected chi connectivity index (χ3v) is 3.50. The van der Waals surface area contributed by atoms with Crippen LogP contribution in [-0.2, 0) is 0 Å². The SMILES string of the molecule is Cc1cc(C)cc(NC(=O)Nc2cccc(Cl)c2Cl)c1. The Morgan fingerprint density at radius 3 is 2.30 bits per heavy atom. The van der Waals surface area contributed by atoms with Crippen LogP contribution in [0, 0.1) is 13.8 Å². The number of carbonyl (C=O) groups is 1. The van der Waals surface area contributed by atoms with Crippen molar-refractivity contribution >= 4 is 40.6 Å². The summed E-state index contributed by atoms with van der Waals surface area (Å²) >= 11 is 11.9. The normalized spacial score (nSPS) is 10.2. The Labute approximate surface area is 127 Å². The summed E-state index contributed by atoms with van der Waals surface area (Å²) in [5.74, 6) is 0. The minimum absolute atomic E-state index is 0.324. The molecule has 0 unspecified atom stereocenters. The predicted molar refractivity (Wildman–Crippen MR) is 85.0 cm³/mol. The summed E-state index contributed by atoms with van der Waals surface area (Å²) < 4.78 is 0. The Hall–Kier alpha value is -1.71. The molecule has 0 atom stereocenters. The topological polar surface area (TPSA) is 41.1 Å². The fourth-order valence-corrected chi connectivity index (χ4v) is 2.28. The van der Waals surface area contributed by atoms with Crippen molar-refractivity contribution < 1.29 is 4.79 Å². The number of benzene rings is 2. The molecule has 0 aliphatic heterocycles. The van der Waals surface area contributed by atoms with Crippen molar-refractivity contribution in [3.63, 3.8) is 0 Å². The van der Waals surface area contributed by atoms with E-state index < -0.39 is 0 Å². The molecule has 3 nitrogen and oxygen atoms in total. The predicted octanol–water partition coefficient (Wildman–Crippen LogP) is 5.25. The highest BCUT2D eigenvalue weighted by molar-refractivity contribution is 6.44. The number of hydrogen-bond donors (Lipinski definition) is 2. The molecular formula is C15H14Cl2N2O. The summed E-state index contributed by atoms with van der Waals surface area (Å²) in [6.07, 6.45) is 0. The number of amides is 2. The van der Waals surface area contributed by atoms with Crippen molar-refractivity contribution in [3.05, 3.63) is 57.6 Å². The van der Waals surface area contributed by atoms with Gasteiger partial charge in [-0.25, -0.2) is 4.79 Å². The molecule has 0 spiro atoms. The molecule has 2 aromatic carbocycles. The van der Waals surface area contributed by atoms with Gasteiger partial charge >= 0.3 is 6.03 Å². The molecule has 0 heterocycles. The van der Waals surface area contributed by atoms with E-state index in [1.54, 1.807) is 18.2 Å². The first kappa shape index (κ1) is 14.7. The third-order valence-electron chi connectivity index (χ3n) is 2.68. The van der Waals surface area contributed by atoms with Gasteiger partial charge in [0.1, 0.15) is 0 Å². The van der Waals surface area contributed by atoms with Crippen LogP contribution < -0.4 is 10.6 Å². The maximum absolute atomic E-state index is 11.9. The summed E-state index contributed by atoms with van der Waals surface area (Å²) in [5.41, 5.74) is 3.38. The van der Waals surface area contributed by atoms with Crippen LogP contribution in [0.25, 0.3) is 0 Å². The van der Waals surface area contributed by atoms with Gasteiger partial charge in [0.2, 0.25) is 0 Å². The third kappa shape index (κ3) is 3.65. The van der Waals surface area contributed by atoms with Crippen LogP contribution in [-0.4, -0.2) is 6.03 Å². The lowest BCUT2D eigenvalue weighted by Gasteiger charge is -2.10. The van der Waals surface area contributed by atoms with Crippen LogP contribution in [0.15, 0.2) is 36.4 Å². The first-order valence-electron chi connectivity index (χ1n) is 6.06. The highest BCUT2D eigenvalue weighted by atomic mass is 35.5. The van der Waals surface area contributed by atoms with E-state index in [0.29, 0.717) is 15.7 Å². The summed E-state index contributed by atoms with van der Waals surface area (Å²) in [5, 5.41) is 6.16. The van der Waals surface area contributed by atoms with Gasteiger partial charge in [0, 0.05) is 5.69 Å². The largest absolute Gasteiger partial charge is 0.323 e. The second-order valence-corrected chi connectivity index (χ2v) is 5.34. The van der Waals surface area contributed by atoms with E-state index in [4.69, 9.17) is 23.2 Å².